The zero-order chi connectivity index (χ0) is 42.2. The Kier molecular flexibility index (Phi) is 8.13. The third-order valence-electron chi connectivity index (χ3n) is 13.4. The van der Waals surface area contributed by atoms with Crippen LogP contribution in [0.4, 0.5) is 34.1 Å². The monoisotopic (exact) mass is 816 g/mol. The Labute approximate surface area is 372 Å². The molecule has 1 aromatic heterocycles. The molecule has 13 rings (SSSR count). The summed E-state index contributed by atoms with van der Waals surface area (Å²) in [6, 6.07) is 88.2. The van der Waals surface area contributed by atoms with Crippen LogP contribution in [0.2, 0.25) is 0 Å². The van der Waals surface area contributed by atoms with E-state index in [1.807, 2.05) is 6.07 Å². The Morgan fingerprint density at radius 2 is 0.828 bits per heavy atom. The second kappa shape index (κ2) is 14.3. The lowest BCUT2D eigenvalue weighted by Crippen LogP contribution is -2.26. The third kappa shape index (κ3) is 5.28. The number of fused-ring (bicyclic) bond motifs is 13. The van der Waals surface area contributed by atoms with Crippen LogP contribution >= 0.6 is 0 Å². The summed E-state index contributed by atoms with van der Waals surface area (Å²) in [6.07, 6.45) is 0. The molecule has 1 heterocycles. The fourth-order valence-electron chi connectivity index (χ4n) is 10.9. The molecule has 3 heteroatoms. The number of furan rings is 1. The highest BCUT2D eigenvalue weighted by Crippen LogP contribution is 2.65. The second-order valence-corrected chi connectivity index (χ2v) is 16.8. The third-order valence-corrected chi connectivity index (χ3v) is 13.4. The molecule has 300 valence electrons. The van der Waals surface area contributed by atoms with Gasteiger partial charge in [0.1, 0.15) is 5.58 Å². The van der Waals surface area contributed by atoms with Crippen LogP contribution in [0.5, 0.6) is 0 Å². The minimum absolute atomic E-state index is 0.591. The first kappa shape index (κ1) is 36.3. The second-order valence-electron chi connectivity index (χ2n) is 16.8. The van der Waals surface area contributed by atoms with Gasteiger partial charge in [0.25, 0.3) is 0 Å². The molecule has 2 aliphatic rings. The summed E-state index contributed by atoms with van der Waals surface area (Å²) in [6.45, 7) is 0. The van der Waals surface area contributed by atoms with E-state index in [4.69, 9.17) is 4.42 Å². The fourth-order valence-corrected chi connectivity index (χ4v) is 10.9. The van der Waals surface area contributed by atoms with Crippen molar-refractivity contribution < 1.29 is 4.42 Å². The number of nitrogens with zero attached hydrogens (tertiary/aromatic N) is 2. The highest BCUT2D eigenvalue weighted by atomic mass is 16.3. The van der Waals surface area contributed by atoms with Crippen molar-refractivity contribution in [1.29, 1.82) is 0 Å². The van der Waals surface area contributed by atoms with E-state index in [0.717, 1.165) is 56.1 Å². The molecule has 0 aliphatic heterocycles. The number of hydrogen-bond donors (Lipinski definition) is 0. The first-order valence-corrected chi connectivity index (χ1v) is 22.0. The maximum absolute atomic E-state index is 6.73. The fraction of sp³-hybridized carbons (Fsp3) is 0.0164. The highest BCUT2D eigenvalue weighted by molar-refractivity contribution is 6.10. The van der Waals surface area contributed by atoms with Crippen LogP contribution in [0.1, 0.15) is 22.3 Å². The first-order valence-electron chi connectivity index (χ1n) is 22.0. The van der Waals surface area contributed by atoms with Crippen LogP contribution in [0.3, 0.4) is 0 Å². The van der Waals surface area contributed by atoms with E-state index in [0.29, 0.717) is 0 Å². The van der Waals surface area contributed by atoms with Crippen LogP contribution in [-0.4, -0.2) is 0 Å². The van der Waals surface area contributed by atoms with Crippen molar-refractivity contribution in [2.24, 2.45) is 0 Å². The summed E-state index contributed by atoms with van der Waals surface area (Å²) < 4.78 is 6.73. The molecule has 0 saturated heterocycles. The summed E-state index contributed by atoms with van der Waals surface area (Å²) in [5.41, 5.74) is 20.1. The van der Waals surface area contributed by atoms with Gasteiger partial charge in [-0.3, -0.25) is 0 Å². The van der Waals surface area contributed by atoms with Crippen molar-refractivity contribution in [2.45, 2.75) is 5.41 Å². The van der Waals surface area contributed by atoms with E-state index in [1.54, 1.807) is 0 Å². The number of para-hydroxylation sites is 4. The predicted molar refractivity (Wildman–Crippen MR) is 265 cm³/mol. The lowest BCUT2D eigenvalue weighted by atomic mass is 9.70. The quantitative estimate of drug-likeness (QED) is 0.160. The predicted octanol–water partition coefficient (Wildman–Crippen LogP) is 16.5. The van der Waals surface area contributed by atoms with Gasteiger partial charge in [0, 0.05) is 39.1 Å². The molecule has 1 spiro atoms. The van der Waals surface area contributed by atoms with E-state index in [2.05, 4.69) is 246 Å². The lowest BCUT2D eigenvalue weighted by Gasteiger charge is -2.33. The molecular weight excluding hydrogens is 777 g/mol. The van der Waals surface area contributed by atoms with Crippen molar-refractivity contribution in [3.63, 3.8) is 0 Å². The standard InChI is InChI=1S/C61H40N2O/c1-4-19-41(20-5-1)42-21-16-26-45(39-42)62(43-22-6-2-7-23-43)56-34-18-33-54-59(56)51-29-11-14-32-53(51)61(54)52-31-13-10-27-47(52)48-38-37-46(40-55(48)61)63(44-24-8-3-9-25-44)57-35-17-30-50-49-28-12-15-36-58(49)64-60(50)57/h1-40H. The summed E-state index contributed by atoms with van der Waals surface area (Å²) in [7, 11) is 0. The molecule has 0 saturated carbocycles. The van der Waals surface area contributed by atoms with Gasteiger partial charge in [-0.15, -0.1) is 0 Å². The molecule has 2 aliphatic carbocycles. The van der Waals surface area contributed by atoms with Gasteiger partial charge in [-0.1, -0.05) is 176 Å². The summed E-state index contributed by atoms with van der Waals surface area (Å²) in [5, 5.41) is 2.21. The van der Waals surface area contributed by atoms with Crippen molar-refractivity contribution in [1.82, 2.24) is 0 Å². The minimum Gasteiger partial charge on any atom is -0.454 e. The van der Waals surface area contributed by atoms with Crippen LogP contribution in [-0.2, 0) is 5.41 Å². The number of hydrogen-bond acceptors (Lipinski definition) is 3. The van der Waals surface area contributed by atoms with Gasteiger partial charge in [0.05, 0.1) is 16.8 Å². The van der Waals surface area contributed by atoms with E-state index in [-0.39, 0.29) is 0 Å². The molecule has 0 fully saturated rings. The Hall–Kier alpha value is -8.40. The number of rotatable bonds is 7. The van der Waals surface area contributed by atoms with Crippen molar-refractivity contribution in [2.75, 3.05) is 9.80 Å². The van der Waals surface area contributed by atoms with Crippen LogP contribution in [0.15, 0.2) is 247 Å². The Bertz CT molecular complexity index is 3580. The van der Waals surface area contributed by atoms with Crippen molar-refractivity contribution in [3.8, 4) is 33.4 Å². The molecule has 0 bridgehead atoms. The highest BCUT2D eigenvalue weighted by Gasteiger charge is 2.52. The average Bonchev–Trinajstić information content (AvgIpc) is 4.00. The first-order chi connectivity index (χ1) is 31.8. The Balaban J connectivity index is 1.07. The smallest absolute Gasteiger partial charge is 0.159 e. The van der Waals surface area contributed by atoms with Gasteiger partial charge in [-0.05, 0) is 117 Å². The molecular formula is C61H40N2O. The molecule has 64 heavy (non-hydrogen) atoms. The lowest BCUT2D eigenvalue weighted by molar-refractivity contribution is 0.669. The largest absolute Gasteiger partial charge is 0.454 e. The van der Waals surface area contributed by atoms with Crippen molar-refractivity contribution in [3.05, 3.63) is 265 Å². The zero-order valence-corrected chi connectivity index (χ0v) is 34.9. The van der Waals surface area contributed by atoms with Crippen LogP contribution in [0.25, 0.3) is 55.3 Å². The van der Waals surface area contributed by atoms with E-state index >= 15 is 0 Å². The molecule has 3 nitrogen and oxygen atoms in total. The van der Waals surface area contributed by atoms with Gasteiger partial charge < -0.3 is 14.2 Å². The number of benzene rings is 10. The van der Waals surface area contributed by atoms with Crippen LogP contribution < -0.4 is 9.80 Å². The maximum Gasteiger partial charge on any atom is 0.159 e. The van der Waals surface area contributed by atoms with Gasteiger partial charge in [-0.2, -0.15) is 0 Å². The normalized spacial score (nSPS) is 14.3. The van der Waals surface area contributed by atoms with Gasteiger partial charge >= 0.3 is 0 Å². The Morgan fingerprint density at radius 1 is 0.312 bits per heavy atom. The SMILES string of the molecule is c1ccc(-c2cccc(N(c3ccccc3)c3cccc4c3-c3ccccc3C43c4ccccc4-c4ccc(N(c5ccccc5)c5cccc6c5oc5ccccc56)cc43)c2)cc1. The summed E-state index contributed by atoms with van der Waals surface area (Å²) in [4.78, 5) is 4.82. The zero-order valence-electron chi connectivity index (χ0n) is 34.9. The van der Waals surface area contributed by atoms with Crippen molar-refractivity contribution >= 4 is 56.1 Å². The maximum atomic E-state index is 6.73. The summed E-state index contributed by atoms with van der Waals surface area (Å²) in [5.74, 6) is 0. The van der Waals surface area contributed by atoms with Crippen LogP contribution in [0, 0.1) is 0 Å². The van der Waals surface area contributed by atoms with E-state index in [9.17, 15) is 0 Å². The molecule has 10 aromatic carbocycles. The molecule has 0 N–H and O–H groups in total. The molecule has 11 aromatic rings. The molecule has 1 unspecified atom stereocenters. The molecule has 1 atom stereocenters. The van der Waals surface area contributed by atoms with Gasteiger partial charge in [0.2, 0.25) is 0 Å². The van der Waals surface area contributed by atoms with E-state index < -0.39 is 5.41 Å². The minimum atomic E-state index is -0.591. The Morgan fingerprint density at radius 3 is 1.61 bits per heavy atom. The molecule has 0 radical (unpaired) electrons. The van der Waals surface area contributed by atoms with E-state index in [1.165, 1.54) is 55.6 Å². The number of anilines is 6. The average molecular weight is 817 g/mol. The van der Waals surface area contributed by atoms with Gasteiger partial charge in [0.15, 0.2) is 5.58 Å². The molecule has 0 amide bonds. The summed E-state index contributed by atoms with van der Waals surface area (Å²) >= 11 is 0. The van der Waals surface area contributed by atoms with Gasteiger partial charge in [-0.25, -0.2) is 0 Å². The topological polar surface area (TPSA) is 19.6 Å².